The number of benzene rings is 1. The lowest BCUT2D eigenvalue weighted by Gasteiger charge is -2.18. The summed E-state index contributed by atoms with van der Waals surface area (Å²) in [5.74, 6) is -1.63. The molecule has 0 atom stereocenters. The van der Waals surface area contributed by atoms with Gasteiger partial charge in [-0.15, -0.1) is 0 Å². The van der Waals surface area contributed by atoms with Crippen LogP contribution in [0.4, 0.5) is 4.79 Å². The number of carbonyl (C=O) groups excluding carboxylic acids is 3. The van der Waals surface area contributed by atoms with E-state index in [9.17, 15) is 14.4 Å². The summed E-state index contributed by atoms with van der Waals surface area (Å²) < 4.78 is 0. The molecule has 6 nitrogen and oxygen atoms in total. The molecule has 0 aliphatic carbocycles. The minimum Gasteiger partial charge on any atom is -0.263 e. The van der Waals surface area contributed by atoms with Gasteiger partial charge < -0.3 is 0 Å². The standard InChI is InChI=1S/C14H13N3O3/c1-9(2)17-13(19)12(18)16(14(17)20)8-11-5-3-4-10(6-11)7-15/h3-6,9H,8H2,1-2H3. The quantitative estimate of drug-likeness (QED) is 0.612. The lowest BCUT2D eigenvalue weighted by molar-refractivity contribution is -0.144. The Morgan fingerprint density at radius 1 is 1.20 bits per heavy atom. The first kappa shape index (κ1) is 13.7. The highest BCUT2D eigenvalue weighted by Crippen LogP contribution is 2.18. The first-order valence-electron chi connectivity index (χ1n) is 6.13. The number of rotatable bonds is 3. The van der Waals surface area contributed by atoms with Crippen LogP contribution in [-0.2, 0) is 16.1 Å². The van der Waals surface area contributed by atoms with Gasteiger partial charge in [-0.1, -0.05) is 12.1 Å². The molecule has 0 bridgehead atoms. The summed E-state index contributed by atoms with van der Waals surface area (Å²) in [7, 11) is 0. The average Bonchev–Trinajstić information content (AvgIpc) is 2.63. The molecule has 0 N–H and O–H groups in total. The van der Waals surface area contributed by atoms with Crippen LogP contribution < -0.4 is 0 Å². The molecule has 1 aliphatic rings. The van der Waals surface area contributed by atoms with E-state index in [1.807, 2.05) is 6.07 Å². The Morgan fingerprint density at radius 2 is 1.90 bits per heavy atom. The Kier molecular flexibility index (Phi) is 3.53. The van der Waals surface area contributed by atoms with Crippen molar-refractivity contribution in [3.63, 3.8) is 0 Å². The molecule has 1 aromatic carbocycles. The summed E-state index contributed by atoms with van der Waals surface area (Å²) >= 11 is 0. The lowest BCUT2D eigenvalue weighted by atomic mass is 10.1. The zero-order valence-corrected chi connectivity index (χ0v) is 11.2. The van der Waals surface area contributed by atoms with E-state index in [2.05, 4.69) is 0 Å². The van der Waals surface area contributed by atoms with Crippen molar-refractivity contribution >= 4 is 17.8 Å². The number of amides is 4. The molecule has 20 heavy (non-hydrogen) atoms. The van der Waals surface area contributed by atoms with Crippen LogP contribution in [-0.4, -0.2) is 33.7 Å². The highest BCUT2D eigenvalue weighted by molar-refractivity contribution is 6.44. The van der Waals surface area contributed by atoms with Gasteiger partial charge in [0.25, 0.3) is 0 Å². The van der Waals surface area contributed by atoms with Crippen molar-refractivity contribution in [3.8, 4) is 6.07 Å². The molecule has 6 heteroatoms. The molecule has 2 rings (SSSR count). The fourth-order valence-corrected chi connectivity index (χ4v) is 2.04. The Balaban J connectivity index is 2.25. The number of carbonyl (C=O) groups is 3. The first-order chi connectivity index (χ1) is 9.45. The molecule has 1 fully saturated rings. The van der Waals surface area contributed by atoms with Crippen LogP contribution in [0.15, 0.2) is 24.3 Å². The van der Waals surface area contributed by atoms with Gasteiger partial charge in [0.05, 0.1) is 18.2 Å². The maximum Gasteiger partial charge on any atom is 0.334 e. The van der Waals surface area contributed by atoms with Crippen molar-refractivity contribution in [1.82, 2.24) is 9.80 Å². The second-order valence-corrected chi connectivity index (χ2v) is 4.75. The Hall–Kier alpha value is -2.68. The molecule has 1 aromatic rings. The molecule has 0 spiro atoms. The molecule has 0 saturated carbocycles. The minimum atomic E-state index is -0.828. The monoisotopic (exact) mass is 271 g/mol. The number of nitrogens with zero attached hydrogens (tertiary/aromatic N) is 3. The van der Waals surface area contributed by atoms with Crippen LogP contribution in [0.3, 0.4) is 0 Å². The van der Waals surface area contributed by atoms with Crippen molar-refractivity contribution in [2.45, 2.75) is 26.4 Å². The summed E-state index contributed by atoms with van der Waals surface area (Å²) in [6.07, 6.45) is 0. The topological polar surface area (TPSA) is 81.5 Å². The van der Waals surface area contributed by atoms with Crippen molar-refractivity contribution < 1.29 is 14.4 Å². The average molecular weight is 271 g/mol. The van der Waals surface area contributed by atoms with Crippen LogP contribution in [0.1, 0.15) is 25.0 Å². The van der Waals surface area contributed by atoms with E-state index in [1.54, 1.807) is 38.1 Å². The van der Waals surface area contributed by atoms with Crippen molar-refractivity contribution in [2.24, 2.45) is 0 Å². The minimum absolute atomic E-state index is 0.0118. The molecular weight excluding hydrogens is 258 g/mol. The number of hydrogen-bond donors (Lipinski definition) is 0. The van der Waals surface area contributed by atoms with E-state index >= 15 is 0 Å². The highest BCUT2D eigenvalue weighted by Gasteiger charge is 2.45. The van der Waals surface area contributed by atoms with Gasteiger partial charge in [-0.05, 0) is 31.5 Å². The summed E-state index contributed by atoms with van der Waals surface area (Å²) in [6.45, 7) is 3.33. The van der Waals surface area contributed by atoms with Crippen molar-refractivity contribution in [1.29, 1.82) is 5.26 Å². The van der Waals surface area contributed by atoms with Crippen LogP contribution in [0, 0.1) is 11.3 Å². The molecule has 4 amide bonds. The van der Waals surface area contributed by atoms with Crippen molar-refractivity contribution in [3.05, 3.63) is 35.4 Å². The summed E-state index contributed by atoms with van der Waals surface area (Å²) in [5.41, 5.74) is 1.07. The van der Waals surface area contributed by atoms with Crippen LogP contribution in [0.25, 0.3) is 0 Å². The molecule has 0 radical (unpaired) electrons. The lowest BCUT2D eigenvalue weighted by Crippen LogP contribution is -2.37. The van der Waals surface area contributed by atoms with E-state index in [1.165, 1.54) is 0 Å². The number of hydrogen-bond acceptors (Lipinski definition) is 4. The van der Waals surface area contributed by atoms with E-state index in [0.717, 1.165) is 9.80 Å². The third-order valence-electron chi connectivity index (χ3n) is 3.00. The molecule has 102 valence electrons. The van der Waals surface area contributed by atoms with Gasteiger partial charge >= 0.3 is 17.8 Å². The molecule has 1 aliphatic heterocycles. The third-order valence-corrected chi connectivity index (χ3v) is 3.00. The SMILES string of the molecule is CC(C)N1C(=O)C(=O)N(Cc2cccc(C#N)c2)C1=O. The molecule has 1 heterocycles. The first-order valence-corrected chi connectivity index (χ1v) is 6.13. The zero-order valence-electron chi connectivity index (χ0n) is 11.2. The maximum atomic E-state index is 12.1. The number of nitriles is 1. The number of imide groups is 2. The second-order valence-electron chi connectivity index (χ2n) is 4.75. The van der Waals surface area contributed by atoms with E-state index in [4.69, 9.17) is 5.26 Å². The molecule has 1 saturated heterocycles. The zero-order chi connectivity index (χ0) is 14.9. The van der Waals surface area contributed by atoms with Crippen LogP contribution in [0.2, 0.25) is 0 Å². The fraction of sp³-hybridized carbons (Fsp3) is 0.286. The predicted octanol–water partition coefficient (Wildman–Crippen LogP) is 1.26. The van der Waals surface area contributed by atoms with E-state index in [-0.39, 0.29) is 12.6 Å². The Morgan fingerprint density at radius 3 is 2.45 bits per heavy atom. The van der Waals surface area contributed by atoms with E-state index in [0.29, 0.717) is 11.1 Å². The van der Waals surface area contributed by atoms with E-state index < -0.39 is 17.8 Å². The molecule has 0 unspecified atom stereocenters. The van der Waals surface area contributed by atoms with Crippen LogP contribution >= 0.6 is 0 Å². The van der Waals surface area contributed by atoms with Gasteiger partial charge in [0, 0.05) is 6.04 Å². The highest BCUT2D eigenvalue weighted by atomic mass is 16.2. The van der Waals surface area contributed by atoms with Gasteiger partial charge in [0.15, 0.2) is 0 Å². The Bertz CT molecular complexity index is 631. The van der Waals surface area contributed by atoms with Gasteiger partial charge in [0.1, 0.15) is 0 Å². The number of urea groups is 1. The molecule has 0 aromatic heterocycles. The van der Waals surface area contributed by atoms with Crippen molar-refractivity contribution in [2.75, 3.05) is 0 Å². The maximum absolute atomic E-state index is 12.1. The second kappa shape index (κ2) is 5.13. The summed E-state index contributed by atoms with van der Waals surface area (Å²) in [5, 5.41) is 8.82. The Labute approximate surface area is 116 Å². The third kappa shape index (κ3) is 2.26. The van der Waals surface area contributed by atoms with Gasteiger partial charge in [0.2, 0.25) is 0 Å². The van der Waals surface area contributed by atoms with Gasteiger partial charge in [-0.3, -0.25) is 19.4 Å². The fourth-order valence-electron chi connectivity index (χ4n) is 2.04. The predicted molar refractivity (Wildman–Crippen MR) is 69.1 cm³/mol. The summed E-state index contributed by atoms with van der Waals surface area (Å²) in [6, 6.07) is 7.58. The smallest absolute Gasteiger partial charge is 0.263 e. The van der Waals surface area contributed by atoms with Gasteiger partial charge in [-0.2, -0.15) is 5.26 Å². The normalized spacial score (nSPS) is 15.2. The van der Waals surface area contributed by atoms with Crippen LogP contribution in [0.5, 0.6) is 0 Å². The van der Waals surface area contributed by atoms with Gasteiger partial charge in [-0.25, -0.2) is 4.79 Å². The summed E-state index contributed by atoms with van der Waals surface area (Å²) in [4.78, 5) is 37.5. The molecular formula is C14H13N3O3. The largest absolute Gasteiger partial charge is 0.334 e.